The number of hydrogen-bond donors (Lipinski definition) is 1. The number of pyridine rings is 1. The van der Waals surface area contributed by atoms with Crippen molar-refractivity contribution in [3.63, 3.8) is 0 Å². The molecule has 3 fully saturated rings. The van der Waals surface area contributed by atoms with Crippen molar-refractivity contribution in [3.05, 3.63) is 30.1 Å². The molecular weight excluding hydrogens is 278 g/mol. The molecule has 1 aliphatic carbocycles. The number of aromatic nitrogens is 1. The summed E-state index contributed by atoms with van der Waals surface area (Å²) < 4.78 is 6.13. The van der Waals surface area contributed by atoms with Gasteiger partial charge in [0.05, 0.1) is 12.2 Å². The second kappa shape index (κ2) is 5.97. The number of carbonyl (C=O) groups excluding carboxylic acids is 1. The molecule has 0 bridgehead atoms. The molecule has 0 unspecified atom stereocenters. The first kappa shape index (κ1) is 14.2. The number of hydrogen-bond acceptors (Lipinski definition) is 4. The number of amides is 1. The number of rotatable bonds is 5. The van der Waals surface area contributed by atoms with E-state index >= 15 is 0 Å². The Morgan fingerprint density at radius 2 is 2.27 bits per heavy atom. The fraction of sp³-hybridized carbons (Fsp3) is 0.647. The van der Waals surface area contributed by atoms with E-state index in [0.717, 1.165) is 38.8 Å². The topological polar surface area (TPSA) is 54.5 Å². The minimum Gasteiger partial charge on any atom is -0.370 e. The van der Waals surface area contributed by atoms with Crippen molar-refractivity contribution in [2.75, 3.05) is 13.1 Å². The second-order valence-electron chi connectivity index (χ2n) is 6.75. The zero-order chi connectivity index (χ0) is 14.9. The third-order valence-corrected chi connectivity index (χ3v) is 5.02. The van der Waals surface area contributed by atoms with Crippen molar-refractivity contribution in [1.29, 1.82) is 0 Å². The Bertz CT molecular complexity index is 532. The second-order valence-corrected chi connectivity index (χ2v) is 6.75. The summed E-state index contributed by atoms with van der Waals surface area (Å²) in [7, 11) is 0. The Hall–Kier alpha value is -1.46. The lowest BCUT2D eigenvalue weighted by atomic mass is 9.89. The van der Waals surface area contributed by atoms with Gasteiger partial charge in [-0.25, -0.2) is 0 Å². The molecular formula is C17H23N3O2. The van der Waals surface area contributed by atoms with Crippen molar-refractivity contribution >= 4 is 5.91 Å². The molecule has 0 spiro atoms. The van der Waals surface area contributed by atoms with Crippen LogP contribution in [-0.2, 0) is 16.1 Å². The molecule has 118 valence electrons. The normalized spacial score (nSPS) is 31.2. The van der Waals surface area contributed by atoms with E-state index in [4.69, 9.17) is 4.74 Å². The van der Waals surface area contributed by atoms with Gasteiger partial charge in [0.25, 0.3) is 0 Å². The predicted molar refractivity (Wildman–Crippen MR) is 82.1 cm³/mol. The van der Waals surface area contributed by atoms with E-state index in [-0.39, 0.29) is 17.9 Å². The van der Waals surface area contributed by atoms with Crippen LogP contribution in [0.1, 0.15) is 31.2 Å². The number of nitrogens with one attached hydrogen (secondary N) is 1. The Kier molecular flexibility index (Phi) is 3.84. The van der Waals surface area contributed by atoms with Gasteiger partial charge < -0.3 is 10.1 Å². The lowest BCUT2D eigenvalue weighted by Crippen LogP contribution is -2.64. The Morgan fingerprint density at radius 3 is 3.00 bits per heavy atom. The highest BCUT2D eigenvalue weighted by atomic mass is 16.5. The highest BCUT2D eigenvalue weighted by Gasteiger charge is 2.44. The molecule has 4 rings (SSSR count). The number of likely N-dealkylation sites (tertiary alicyclic amines) is 1. The summed E-state index contributed by atoms with van der Waals surface area (Å²) in [6.45, 7) is 2.63. The molecule has 3 atom stereocenters. The molecule has 2 aliphatic heterocycles. The highest BCUT2D eigenvalue weighted by molar-refractivity contribution is 5.80. The van der Waals surface area contributed by atoms with Crippen molar-refractivity contribution in [2.45, 2.75) is 50.5 Å². The molecule has 1 amide bonds. The maximum Gasteiger partial charge on any atom is 0.223 e. The van der Waals surface area contributed by atoms with Crippen LogP contribution in [0, 0.1) is 5.92 Å². The maximum absolute atomic E-state index is 11.7. The molecule has 3 aliphatic rings. The van der Waals surface area contributed by atoms with Crippen molar-refractivity contribution in [3.8, 4) is 0 Å². The van der Waals surface area contributed by atoms with Gasteiger partial charge in [0.1, 0.15) is 0 Å². The summed E-state index contributed by atoms with van der Waals surface area (Å²) in [5, 5.41) is 3.04. The third kappa shape index (κ3) is 3.01. The van der Waals surface area contributed by atoms with E-state index in [1.165, 1.54) is 5.56 Å². The molecule has 5 nitrogen and oxygen atoms in total. The molecule has 5 heteroatoms. The first-order valence-electron chi connectivity index (χ1n) is 8.36. The standard InChI is InChI=1S/C17H23N3O2/c21-17(13-3-4-13)19-9-14-5-6-15-16(22-14)11-20(15)10-12-2-1-7-18-8-12/h1-2,7-8,13-16H,3-6,9-11H2,(H,19,21)/t14-,15+,16+/m1/s1. The Morgan fingerprint density at radius 1 is 1.36 bits per heavy atom. The lowest BCUT2D eigenvalue weighted by molar-refractivity contribution is -0.169. The van der Waals surface area contributed by atoms with Gasteiger partial charge in [-0.3, -0.25) is 14.7 Å². The maximum atomic E-state index is 11.7. The van der Waals surface area contributed by atoms with Crippen LogP contribution in [-0.4, -0.2) is 47.1 Å². The van der Waals surface area contributed by atoms with Gasteiger partial charge in [0.15, 0.2) is 0 Å². The smallest absolute Gasteiger partial charge is 0.223 e. The van der Waals surface area contributed by atoms with Gasteiger partial charge in [0, 0.05) is 44.0 Å². The summed E-state index contributed by atoms with van der Waals surface area (Å²) in [5.74, 6) is 0.507. The van der Waals surface area contributed by atoms with Gasteiger partial charge in [-0.05, 0) is 37.3 Å². The Labute approximate surface area is 131 Å². The van der Waals surface area contributed by atoms with Crippen LogP contribution in [0.2, 0.25) is 0 Å². The fourth-order valence-corrected chi connectivity index (χ4v) is 3.52. The molecule has 3 heterocycles. The monoisotopic (exact) mass is 301 g/mol. The van der Waals surface area contributed by atoms with E-state index in [1.807, 2.05) is 18.5 Å². The number of nitrogens with zero attached hydrogens (tertiary/aromatic N) is 2. The Balaban J connectivity index is 1.22. The average Bonchev–Trinajstić information content (AvgIpc) is 3.36. The number of fused-ring (bicyclic) bond motifs is 1. The number of ether oxygens (including phenoxy) is 1. The largest absolute Gasteiger partial charge is 0.370 e. The zero-order valence-electron chi connectivity index (χ0n) is 12.8. The molecule has 1 aromatic heterocycles. The summed E-state index contributed by atoms with van der Waals surface area (Å²) in [6, 6.07) is 4.65. The minimum atomic E-state index is 0.199. The molecule has 1 aromatic rings. The van der Waals surface area contributed by atoms with E-state index in [0.29, 0.717) is 18.7 Å². The van der Waals surface area contributed by atoms with Crippen LogP contribution in [0.4, 0.5) is 0 Å². The number of carbonyl (C=O) groups is 1. The van der Waals surface area contributed by atoms with Gasteiger partial charge in [0.2, 0.25) is 5.91 Å². The fourth-order valence-electron chi connectivity index (χ4n) is 3.52. The van der Waals surface area contributed by atoms with E-state index in [9.17, 15) is 4.79 Å². The zero-order valence-corrected chi connectivity index (χ0v) is 12.8. The molecule has 1 saturated carbocycles. The molecule has 0 aromatic carbocycles. The molecule has 1 N–H and O–H groups in total. The van der Waals surface area contributed by atoms with E-state index < -0.39 is 0 Å². The lowest BCUT2D eigenvalue weighted by Gasteiger charge is -2.52. The third-order valence-electron chi connectivity index (χ3n) is 5.02. The van der Waals surface area contributed by atoms with Crippen LogP contribution in [0.15, 0.2) is 24.5 Å². The van der Waals surface area contributed by atoms with Crippen molar-refractivity contribution in [1.82, 2.24) is 15.2 Å². The summed E-state index contributed by atoms with van der Waals surface area (Å²) in [6.07, 6.45) is 8.61. The van der Waals surface area contributed by atoms with E-state index in [1.54, 1.807) is 0 Å². The van der Waals surface area contributed by atoms with Crippen LogP contribution < -0.4 is 5.32 Å². The SMILES string of the molecule is O=C(NC[C@H]1CC[C@H]2[C@H](CN2Cc2cccnc2)O1)C1CC1. The van der Waals surface area contributed by atoms with Gasteiger partial charge in [-0.1, -0.05) is 6.07 Å². The van der Waals surface area contributed by atoms with Crippen molar-refractivity contribution in [2.24, 2.45) is 5.92 Å². The first-order valence-corrected chi connectivity index (χ1v) is 8.36. The molecule has 2 saturated heterocycles. The predicted octanol–water partition coefficient (Wildman–Crippen LogP) is 1.34. The van der Waals surface area contributed by atoms with Crippen LogP contribution in [0.5, 0.6) is 0 Å². The summed E-state index contributed by atoms with van der Waals surface area (Å²) in [5.41, 5.74) is 1.26. The van der Waals surface area contributed by atoms with Crippen LogP contribution >= 0.6 is 0 Å². The van der Waals surface area contributed by atoms with Crippen LogP contribution in [0.25, 0.3) is 0 Å². The van der Waals surface area contributed by atoms with Gasteiger partial charge >= 0.3 is 0 Å². The van der Waals surface area contributed by atoms with Crippen LogP contribution in [0.3, 0.4) is 0 Å². The van der Waals surface area contributed by atoms with Gasteiger partial charge in [-0.15, -0.1) is 0 Å². The average molecular weight is 301 g/mol. The summed E-state index contributed by atoms with van der Waals surface area (Å²) >= 11 is 0. The van der Waals surface area contributed by atoms with Gasteiger partial charge in [-0.2, -0.15) is 0 Å². The van der Waals surface area contributed by atoms with Crippen molar-refractivity contribution < 1.29 is 9.53 Å². The molecule has 0 radical (unpaired) electrons. The summed E-state index contributed by atoms with van der Waals surface area (Å²) in [4.78, 5) is 18.3. The van der Waals surface area contributed by atoms with E-state index in [2.05, 4.69) is 21.3 Å². The minimum absolute atomic E-state index is 0.199. The quantitative estimate of drug-likeness (QED) is 0.892. The first-order chi connectivity index (χ1) is 10.8. The molecule has 22 heavy (non-hydrogen) atoms. The highest BCUT2D eigenvalue weighted by Crippen LogP contribution is 2.33.